The minimum atomic E-state index is -5.45. The van der Waals surface area contributed by atoms with Gasteiger partial charge in [-0.3, -0.25) is 9.44 Å². The molecule has 0 saturated heterocycles. The van der Waals surface area contributed by atoms with E-state index >= 15 is 0 Å². The van der Waals surface area contributed by atoms with Crippen molar-refractivity contribution in [3.63, 3.8) is 0 Å². The summed E-state index contributed by atoms with van der Waals surface area (Å²) < 4.78 is 195. The smallest absolute Gasteiger partial charge is 0.870 e. The number of hydrogen-bond acceptors (Lipinski definition) is 26. The van der Waals surface area contributed by atoms with Gasteiger partial charge in [0.2, 0.25) is 11.0 Å². The number of aromatic carboxylic acids is 2. The number of sulfonamides is 2. The molecule has 0 fully saturated rings. The second-order valence-corrected chi connectivity index (χ2v) is 32.1. The number of carbonyl (C=O) groups is 2. The van der Waals surface area contributed by atoms with E-state index in [1.807, 2.05) is 0 Å². The van der Waals surface area contributed by atoms with Gasteiger partial charge in [0.15, 0.2) is 0 Å². The Hall–Kier alpha value is -6.65. The van der Waals surface area contributed by atoms with Gasteiger partial charge in [-0.25, -0.2) is 51.9 Å². The Morgan fingerprint density at radius 1 is 0.535 bits per heavy atom. The van der Waals surface area contributed by atoms with E-state index in [0.29, 0.717) is 44.3 Å². The molecular formula is C70H54BClN4Na5O27S6. The SMILES string of the molecule is Cc1cc(C)c(NS(=O)(=O)c2cccc3c[c-]c(O)cc23)c(C)c1Nc1[c-]cc2c(-c3ccccc3S(=O)(=O)[O-])c3cc(S(=O)(=O)[O-])c(=[NH+]c4c(C)cc(C)c(NS(=O)(=O)c5cccc6cc(C(=O)[O-])c(O)cc56)c4C)cc-3oc2c1.O.O=C(O)c1cc2cccc(S(=O)(=O)Cl)c2cc1O.O=C=O.O=S(=O)=O.[B].[Na+].[Na+].[Na+].[Na+].[Na+].[OH-]. The van der Waals surface area contributed by atoms with E-state index in [1.54, 1.807) is 58.9 Å². The standard InChI is InChI=1S/C58H46N4O15S4.C11H7ClO5S.CO2.B.5Na.O3S.2H2O/c1-29-21-31(3)56(61-78(67,68)49-15-9-11-35-17-19-38(63)25-41(35)49)33(5)54(29)59-37-18-20-39-47(24-37)77-48-28-45(52(81(74,75)76)27-44(48)53(39)40-13-7-8-14-51(40)80(71,72)73)60-55-30(2)22-32(4)57(34(55)6)62-79(69,70)50-16-10-12-36-23-43(58(65)66)46(64)26-42(36)50;12-18(16,17)10-3-1-2-6-4-8(11(14)15)9(13)5-7(6)10;2-1-3;;;;;;;1-4(2)3;;/h7-17,20-28,59,61-64H,1-6H3,(H,65,66)(H,71,72,73)(H,74,75,76);1-5,13H,(H,14,15);;;;;;;;;2*1H2/q-2;;;;5*+1;;;/p-3. The summed E-state index contributed by atoms with van der Waals surface area (Å²) >= 11 is 0. The monoisotopic (exact) mass is 1740 g/mol. The molecule has 10 aromatic rings. The number of benzene rings is 11. The van der Waals surface area contributed by atoms with Crippen LogP contribution in [0.15, 0.2) is 181 Å². The molecule has 11 N–H and O–H groups in total. The first kappa shape index (κ1) is 105. The number of phenolic OH excluding ortho intramolecular Hbond substituents is 1. The number of rotatable bonds is 15. The molecule has 3 radical (unpaired) electrons. The fourth-order valence-electron chi connectivity index (χ4n) is 11.9. The van der Waals surface area contributed by atoms with E-state index in [9.17, 15) is 81.2 Å². The number of phenols is 3. The summed E-state index contributed by atoms with van der Waals surface area (Å²) in [4.78, 5) is 39.6. The number of aromatic hydroxyl groups is 3. The van der Waals surface area contributed by atoms with Gasteiger partial charge in [-0.1, -0.05) is 71.2 Å². The largest absolute Gasteiger partial charge is 1.00 e. The Morgan fingerprint density at radius 2 is 0.982 bits per heavy atom. The molecular weight excluding hydrogens is 1680 g/mol. The fraction of sp³-hybridized carbons (Fsp3) is 0.0857. The third-order valence-corrected chi connectivity index (χ3v) is 22.3. The van der Waals surface area contributed by atoms with Crippen molar-refractivity contribution in [1.29, 1.82) is 0 Å². The molecule has 0 aromatic heterocycles. The van der Waals surface area contributed by atoms with Crippen LogP contribution in [-0.2, 0) is 69.5 Å². The summed E-state index contributed by atoms with van der Waals surface area (Å²) in [6.45, 7) is 10.0. The molecule has 31 nitrogen and oxygen atoms in total. The van der Waals surface area contributed by atoms with Gasteiger partial charge in [0.1, 0.15) is 48.0 Å². The van der Waals surface area contributed by atoms with E-state index in [2.05, 4.69) is 31.9 Å². The Balaban J connectivity index is 0.00000169. The maximum absolute atomic E-state index is 14.2. The predicted octanol–water partition coefficient (Wildman–Crippen LogP) is -8.58. The third kappa shape index (κ3) is 23.6. The van der Waals surface area contributed by atoms with E-state index in [4.69, 9.17) is 42.4 Å². The molecule has 1 aliphatic carbocycles. The first-order valence-corrected chi connectivity index (χ1v) is 39.0. The van der Waals surface area contributed by atoms with Crippen molar-refractivity contribution in [3.8, 4) is 39.7 Å². The maximum atomic E-state index is 14.2. The summed E-state index contributed by atoms with van der Waals surface area (Å²) in [6, 6.07) is 39.5. The van der Waals surface area contributed by atoms with Crippen LogP contribution in [0.2, 0.25) is 0 Å². The first-order chi connectivity index (χ1) is 49.5. The zero-order valence-electron chi connectivity index (χ0n) is 61.6. The van der Waals surface area contributed by atoms with Crippen LogP contribution >= 0.6 is 10.7 Å². The summed E-state index contributed by atoms with van der Waals surface area (Å²) in [7, 11) is -21.3. The molecule has 0 bridgehead atoms. The molecule has 10 aromatic carbocycles. The van der Waals surface area contributed by atoms with E-state index < -0.39 is 98.7 Å². The molecule has 114 heavy (non-hydrogen) atoms. The van der Waals surface area contributed by atoms with Gasteiger partial charge < -0.3 is 60.1 Å². The van der Waals surface area contributed by atoms with E-state index in [1.165, 1.54) is 104 Å². The molecule has 0 spiro atoms. The predicted molar refractivity (Wildman–Crippen MR) is 389 cm³/mol. The normalized spacial score (nSPS) is 11.1. The van der Waals surface area contributed by atoms with Crippen LogP contribution in [0, 0.1) is 53.7 Å². The summed E-state index contributed by atoms with van der Waals surface area (Å²) in [5.74, 6) is -4.59. The molecule has 567 valence electrons. The Bertz CT molecular complexity index is 6580. The van der Waals surface area contributed by atoms with Crippen molar-refractivity contribution in [3.05, 3.63) is 214 Å². The van der Waals surface area contributed by atoms with Gasteiger partial charge >= 0.3 is 171 Å². The van der Waals surface area contributed by atoms with Crippen molar-refractivity contribution < 1.29 is 277 Å². The van der Waals surface area contributed by atoms with Crippen LogP contribution < -0.4 is 178 Å². The van der Waals surface area contributed by atoms with Crippen molar-refractivity contribution in [2.75, 3.05) is 14.8 Å². The van der Waals surface area contributed by atoms with Crippen molar-refractivity contribution in [2.45, 2.75) is 66.0 Å². The van der Waals surface area contributed by atoms with Gasteiger partial charge in [-0.2, -0.15) is 27.8 Å². The van der Waals surface area contributed by atoms with Gasteiger partial charge in [-0.15, -0.1) is 47.7 Å². The number of halogens is 1. The van der Waals surface area contributed by atoms with Crippen LogP contribution in [0.4, 0.5) is 28.4 Å². The van der Waals surface area contributed by atoms with Gasteiger partial charge in [0, 0.05) is 69.1 Å². The summed E-state index contributed by atoms with van der Waals surface area (Å²) in [5, 5.41) is 55.2. The first-order valence-electron chi connectivity index (χ1n) is 29.9. The number of carboxylic acids is 2. The number of fused-ring (bicyclic) bond motifs is 5. The number of hydrogen-bond donors (Lipinski definition) is 8. The van der Waals surface area contributed by atoms with Crippen LogP contribution in [-0.4, -0.2) is 122 Å². The summed E-state index contributed by atoms with van der Waals surface area (Å²) in [5.41, 5.74) is 2.77. The molecule has 12 rings (SSSR count). The van der Waals surface area contributed by atoms with Crippen LogP contribution in [0.1, 0.15) is 54.1 Å². The molecule has 0 saturated carbocycles. The number of nitrogens with one attached hydrogen (secondary N) is 4. The number of carboxylic acid groups (broad SMARTS) is 2. The molecule has 0 unspecified atom stereocenters. The molecule has 1 aliphatic heterocycles. The van der Waals surface area contributed by atoms with Gasteiger partial charge in [0.05, 0.1) is 43.0 Å². The average Bonchev–Trinajstić information content (AvgIpc) is 0.741. The van der Waals surface area contributed by atoms with E-state index in [0.717, 1.165) is 30.3 Å². The minimum Gasteiger partial charge on any atom is -0.870 e. The number of carbonyl (C=O) groups excluding carboxylic acids is 3. The molecule has 0 atom stereocenters. The Labute approximate surface area is 769 Å². The third-order valence-electron chi connectivity index (χ3n) is 16.3. The molecule has 0 amide bonds. The zero-order valence-corrected chi connectivity index (χ0v) is 77.3. The van der Waals surface area contributed by atoms with Gasteiger partial charge in [0.25, 0.3) is 29.1 Å². The molecule has 44 heteroatoms. The van der Waals surface area contributed by atoms with Crippen LogP contribution in [0.5, 0.6) is 17.2 Å². The summed E-state index contributed by atoms with van der Waals surface area (Å²) in [6.07, 6.45) is 0.250. The van der Waals surface area contributed by atoms with Crippen LogP contribution in [0.25, 0.3) is 65.7 Å². The van der Waals surface area contributed by atoms with E-state index in [-0.39, 0.29) is 288 Å². The topological polar surface area (TPSA) is 565 Å². The van der Waals surface area contributed by atoms with Crippen LogP contribution in [0.3, 0.4) is 0 Å². The Kier molecular flexibility index (Phi) is 39.0. The Morgan fingerprint density at radius 3 is 1.49 bits per heavy atom. The average molecular weight is 1740 g/mol. The van der Waals surface area contributed by atoms with Crippen molar-refractivity contribution in [2.24, 2.45) is 0 Å². The van der Waals surface area contributed by atoms with Gasteiger partial charge in [-0.05, 0) is 141 Å². The molecule has 2 aliphatic rings. The quantitative estimate of drug-likeness (QED) is 0.0155. The zero-order chi connectivity index (χ0) is 78.2. The second kappa shape index (κ2) is 42.1. The van der Waals surface area contributed by atoms with Crippen molar-refractivity contribution >= 4 is 169 Å². The van der Waals surface area contributed by atoms with Crippen molar-refractivity contribution in [1.82, 2.24) is 0 Å². The number of anilines is 4. The fourth-order valence-corrected chi connectivity index (χ4v) is 17.1. The second-order valence-electron chi connectivity index (χ2n) is 23.2. The maximum Gasteiger partial charge on any atom is 1.00 e. The minimum absolute atomic E-state index is 0. The number of aryl methyl sites for hydroxylation is 4. The molecule has 1 heterocycles.